The molecule has 0 saturated carbocycles. The van der Waals surface area contributed by atoms with Crippen molar-refractivity contribution in [1.29, 1.82) is 0 Å². The Morgan fingerprint density at radius 2 is 1.86 bits per heavy atom. The third-order valence-electron chi connectivity index (χ3n) is 4.61. The lowest BCUT2D eigenvalue weighted by molar-refractivity contribution is 0.265. The first-order valence-electron chi connectivity index (χ1n) is 9.87. The van der Waals surface area contributed by atoms with Crippen LogP contribution in [-0.2, 0) is 6.54 Å². The Morgan fingerprint density at radius 3 is 2.62 bits per heavy atom. The van der Waals surface area contributed by atoms with Crippen LogP contribution in [0.2, 0.25) is 0 Å². The molecule has 6 nitrogen and oxygen atoms in total. The minimum Gasteiger partial charge on any atom is -0.490 e. The number of ether oxygens (including phenoxy) is 2. The fourth-order valence-corrected chi connectivity index (χ4v) is 3.12. The molecule has 0 fully saturated rings. The van der Waals surface area contributed by atoms with Crippen LogP contribution < -0.4 is 20.1 Å². The summed E-state index contributed by atoms with van der Waals surface area (Å²) in [6.07, 6.45) is 0.879. The number of hydrogen-bond donors (Lipinski definition) is 3. The van der Waals surface area contributed by atoms with Gasteiger partial charge in [0.25, 0.3) is 0 Å². The van der Waals surface area contributed by atoms with E-state index in [0.717, 1.165) is 35.6 Å². The largest absolute Gasteiger partial charge is 0.490 e. The Labute approximate surface area is 189 Å². The second-order valence-corrected chi connectivity index (χ2v) is 6.66. The fraction of sp³-hybridized carbons (Fsp3) is 0.409. The van der Waals surface area contributed by atoms with Crippen molar-refractivity contribution in [3.8, 4) is 11.5 Å². The first-order chi connectivity index (χ1) is 13.8. The maximum atomic E-state index is 9.76. The molecule has 0 amide bonds. The summed E-state index contributed by atoms with van der Waals surface area (Å²) in [6.45, 7) is 5.27. The van der Waals surface area contributed by atoms with E-state index in [4.69, 9.17) is 14.5 Å². The van der Waals surface area contributed by atoms with Gasteiger partial charge in [-0.1, -0.05) is 42.5 Å². The van der Waals surface area contributed by atoms with Gasteiger partial charge in [-0.05, 0) is 18.6 Å². The van der Waals surface area contributed by atoms with E-state index in [1.54, 1.807) is 0 Å². The van der Waals surface area contributed by atoms with Gasteiger partial charge in [0, 0.05) is 31.0 Å². The zero-order valence-corrected chi connectivity index (χ0v) is 19.1. The Morgan fingerprint density at radius 1 is 1.07 bits per heavy atom. The number of benzene rings is 2. The van der Waals surface area contributed by atoms with Crippen molar-refractivity contribution in [2.45, 2.75) is 25.8 Å². The number of aliphatic hydroxyl groups excluding tert-OH is 1. The highest BCUT2D eigenvalue weighted by Crippen LogP contribution is 2.33. The average molecular weight is 511 g/mol. The molecule has 1 aliphatic rings. The van der Waals surface area contributed by atoms with Crippen LogP contribution in [0.25, 0.3) is 0 Å². The molecule has 0 aromatic heterocycles. The molecule has 2 aromatic carbocycles. The topological polar surface area (TPSA) is 75.1 Å². The molecule has 3 N–H and O–H groups in total. The van der Waals surface area contributed by atoms with Crippen LogP contribution in [0.4, 0.5) is 0 Å². The van der Waals surface area contributed by atoms with Gasteiger partial charge in [-0.15, -0.1) is 24.0 Å². The third-order valence-corrected chi connectivity index (χ3v) is 4.61. The van der Waals surface area contributed by atoms with Gasteiger partial charge < -0.3 is 25.2 Å². The maximum Gasteiger partial charge on any atom is 0.191 e. The van der Waals surface area contributed by atoms with Gasteiger partial charge in [-0.25, -0.2) is 4.99 Å². The molecule has 1 heterocycles. The fourth-order valence-electron chi connectivity index (χ4n) is 3.12. The van der Waals surface area contributed by atoms with Gasteiger partial charge in [0.05, 0.1) is 26.4 Å². The van der Waals surface area contributed by atoms with E-state index in [1.165, 1.54) is 0 Å². The molecule has 0 spiro atoms. The van der Waals surface area contributed by atoms with E-state index in [2.05, 4.69) is 10.6 Å². The molecule has 0 radical (unpaired) electrons. The molecule has 1 atom stereocenters. The van der Waals surface area contributed by atoms with E-state index in [1.807, 2.05) is 55.5 Å². The number of rotatable bonds is 7. The van der Waals surface area contributed by atoms with Crippen molar-refractivity contribution >= 4 is 29.9 Å². The Hall–Kier alpha value is -2.00. The van der Waals surface area contributed by atoms with E-state index >= 15 is 0 Å². The molecular formula is C22H30IN3O3. The first-order valence-corrected chi connectivity index (χ1v) is 9.87. The second kappa shape index (κ2) is 12.5. The van der Waals surface area contributed by atoms with Gasteiger partial charge in [0.1, 0.15) is 0 Å². The van der Waals surface area contributed by atoms with Gasteiger partial charge in [-0.3, -0.25) is 0 Å². The first kappa shape index (κ1) is 23.3. The van der Waals surface area contributed by atoms with E-state index in [-0.39, 0.29) is 36.5 Å². The number of nitrogens with one attached hydrogen (secondary N) is 2. The lowest BCUT2D eigenvalue weighted by Crippen LogP contribution is -2.39. The summed E-state index contributed by atoms with van der Waals surface area (Å²) in [6, 6.07) is 15.9. The summed E-state index contributed by atoms with van der Waals surface area (Å²) in [4.78, 5) is 4.70. The van der Waals surface area contributed by atoms with E-state index in [0.29, 0.717) is 32.3 Å². The van der Waals surface area contributed by atoms with Gasteiger partial charge in [0.2, 0.25) is 0 Å². The molecular weight excluding hydrogens is 481 g/mol. The normalized spacial score (nSPS) is 14.3. The van der Waals surface area contributed by atoms with Crippen molar-refractivity contribution < 1.29 is 14.6 Å². The molecule has 7 heteroatoms. The van der Waals surface area contributed by atoms with Crippen LogP contribution in [0.1, 0.15) is 30.4 Å². The zero-order valence-electron chi connectivity index (χ0n) is 16.8. The number of guanidine groups is 1. The van der Waals surface area contributed by atoms with E-state index < -0.39 is 0 Å². The number of para-hydroxylation sites is 1. The Balaban J connectivity index is 0.00000300. The van der Waals surface area contributed by atoms with Crippen LogP contribution in [0.3, 0.4) is 0 Å². The average Bonchev–Trinajstić information content (AvgIpc) is 2.99. The predicted molar refractivity (Wildman–Crippen MR) is 127 cm³/mol. The van der Waals surface area contributed by atoms with Crippen LogP contribution in [0.5, 0.6) is 11.5 Å². The highest BCUT2D eigenvalue weighted by atomic mass is 127. The molecule has 1 unspecified atom stereocenters. The minimum absolute atomic E-state index is 0. The lowest BCUT2D eigenvalue weighted by Gasteiger charge is -2.18. The van der Waals surface area contributed by atoms with Crippen LogP contribution in [0, 0.1) is 0 Å². The smallest absolute Gasteiger partial charge is 0.191 e. The second-order valence-electron chi connectivity index (χ2n) is 6.66. The minimum atomic E-state index is 0. The number of halogens is 1. The predicted octanol–water partition coefficient (Wildman–Crippen LogP) is 3.30. The van der Waals surface area contributed by atoms with Crippen molar-refractivity contribution in [2.75, 3.05) is 32.9 Å². The molecule has 0 bridgehead atoms. The highest BCUT2D eigenvalue weighted by molar-refractivity contribution is 14.0. The number of hydrogen-bond acceptors (Lipinski definition) is 4. The highest BCUT2D eigenvalue weighted by Gasteiger charge is 2.15. The Kier molecular flexibility index (Phi) is 10.1. The molecule has 1 aliphatic heterocycles. The van der Waals surface area contributed by atoms with Crippen molar-refractivity contribution in [3.05, 3.63) is 59.7 Å². The van der Waals surface area contributed by atoms with Gasteiger partial charge in [-0.2, -0.15) is 0 Å². The monoisotopic (exact) mass is 511 g/mol. The molecule has 158 valence electrons. The number of fused-ring (bicyclic) bond motifs is 1. The summed E-state index contributed by atoms with van der Waals surface area (Å²) < 4.78 is 11.6. The van der Waals surface area contributed by atoms with Crippen molar-refractivity contribution in [2.24, 2.45) is 4.99 Å². The number of aliphatic hydroxyl groups is 1. The van der Waals surface area contributed by atoms with Crippen LogP contribution in [-0.4, -0.2) is 44.0 Å². The van der Waals surface area contributed by atoms with Gasteiger partial charge >= 0.3 is 0 Å². The summed E-state index contributed by atoms with van der Waals surface area (Å²) in [5, 5.41) is 16.4. The Bertz CT molecular complexity index is 771. The van der Waals surface area contributed by atoms with Crippen molar-refractivity contribution in [1.82, 2.24) is 10.6 Å². The van der Waals surface area contributed by atoms with Crippen LogP contribution in [0.15, 0.2) is 53.5 Å². The molecule has 3 rings (SSSR count). The summed E-state index contributed by atoms with van der Waals surface area (Å²) in [5.74, 6) is 2.29. The molecule has 0 saturated heterocycles. The standard InChI is InChI=1S/C22H29N3O3.HI/c1-2-23-22(25-15-19(16-26)17-8-4-3-5-9-17)24-14-18-10-6-11-20-21(18)28-13-7-12-27-20;/h3-6,8-11,19,26H,2,7,12-16H2,1H3,(H2,23,24,25);1H. The maximum absolute atomic E-state index is 9.76. The van der Waals surface area contributed by atoms with E-state index in [9.17, 15) is 5.11 Å². The zero-order chi connectivity index (χ0) is 19.6. The summed E-state index contributed by atoms with van der Waals surface area (Å²) in [7, 11) is 0. The number of nitrogens with zero attached hydrogens (tertiary/aromatic N) is 1. The molecule has 2 aromatic rings. The summed E-state index contributed by atoms with van der Waals surface area (Å²) >= 11 is 0. The lowest BCUT2D eigenvalue weighted by atomic mass is 10.0. The van der Waals surface area contributed by atoms with Crippen LogP contribution >= 0.6 is 24.0 Å². The molecule has 29 heavy (non-hydrogen) atoms. The molecule has 0 aliphatic carbocycles. The third kappa shape index (κ3) is 6.78. The number of aliphatic imine (C=N–C) groups is 1. The van der Waals surface area contributed by atoms with Crippen molar-refractivity contribution in [3.63, 3.8) is 0 Å². The quantitative estimate of drug-likeness (QED) is 0.302. The SMILES string of the molecule is CCNC(=NCc1cccc2c1OCCCO2)NCC(CO)c1ccccc1.I. The summed E-state index contributed by atoms with van der Waals surface area (Å²) in [5.41, 5.74) is 2.10. The van der Waals surface area contributed by atoms with Gasteiger partial charge in [0.15, 0.2) is 17.5 Å².